The van der Waals surface area contributed by atoms with Gasteiger partial charge in [0.05, 0.1) is 22.5 Å². The number of halogens is 1. The van der Waals surface area contributed by atoms with Crippen LogP contribution in [0, 0.1) is 18.7 Å². The number of likely N-dealkylation sites (tertiary alicyclic amines) is 1. The molecule has 3 atom stereocenters. The average Bonchev–Trinajstić information content (AvgIpc) is 3.18. The van der Waals surface area contributed by atoms with Crippen LogP contribution in [0.3, 0.4) is 0 Å². The molecule has 6 rings (SSSR count). The second kappa shape index (κ2) is 8.20. The van der Waals surface area contributed by atoms with Gasteiger partial charge in [0.2, 0.25) is 0 Å². The maximum Gasteiger partial charge on any atom is 0.274 e. The molecule has 3 aliphatic rings. The van der Waals surface area contributed by atoms with E-state index in [1.54, 1.807) is 12.1 Å². The number of amides is 2. The molecule has 0 bridgehead atoms. The molecule has 8 heteroatoms. The highest BCUT2D eigenvalue weighted by molar-refractivity contribution is 7.15. The number of piperidine rings is 1. The van der Waals surface area contributed by atoms with E-state index in [1.165, 1.54) is 23.5 Å². The van der Waals surface area contributed by atoms with E-state index >= 15 is 0 Å². The molecular weight excluding hydrogens is 453 g/mol. The van der Waals surface area contributed by atoms with E-state index in [4.69, 9.17) is 4.74 Å². The lowest BCUT2D eigenvalue weighted by atomic mass is 10.0. The Morgan fingerprint density at radius 2 is 2.03 bits per heavy atom. The fraction of sp³-hybridized carbons (Fsp3) is 0.346. The van der Waals surface area contributed by atoms with Crippen LogP contribution in [0.2, 0.25) is 0 Å². The zero-order valence-corrected chi connectivity index (χ0v) is 19.5. The van der Waals surface area contributed by atoms with Gasteiger partial charge in [-0.05, 0) is 55.5 Å². The fourth-order valence-corrected chi connectivity index (χ4v) is 6.20. The van der Waals surface area contributed by atoms with E-state index in [-0.39, 0.29) is 29.7 Å². The number of hydrogen-bond acceptors (Lipinski definition) is 5. The van der Waals surface area contributed by atoms with E-state index in [0.29, 0.717) is 30.3 Å². The third-order valence-electron chi connectivity index (χ3n) is 6.97. The van der Waals surface area contributed by atoms with Gasteiger partial charge in [0, 0.05) is 30.1 Å². The van der Waals surface area contributed by atoms with E-state index in [2.05, 4.69) is 10.3 Å². The summed E-state index contributed by atoms with van der Waals surface area (Å²) >= 11 is 1.44. The number of benzene rings is 2. The Morgan fingerprint density at radius 1 is 1.21 bits per heavy atom. The summed E-state index contributed by atoms with van der Waals surface area (Å²) in [5, 5.41) is 3.85. The van der Waals surface area contributed by atoms with Crippen LogP contribution in [0.1, 0.15) is 44.3 Å². The first-order chi connectivity index (χ1) is 16.5. The molecule has 2 aliphatic heterocycles. The van der Waals surface area contributed by atoms with Crippen molar-refractivity contribution in [3.63, 3.8) is 0 Å². The largest absolute Gasteiger partial charge is 0.493 e. The topological polar surface area (TPSA) is 71.5 Å². The number of carbonyl (C=O) groups excluding carboxylic acids is 2. The van der Waals surface area contributed by atoms with Crippen molar-refractivity contribution in [1.29, 1.82) is 0 Å². The molecule has 1 aliphatic carbocycles. The molecule has 3 heterocycles. The first-order valence-electron chi connectivity index (χ1n) is 11.6. The monoisotopic (exact) mass is 477 g/mol. The molecule has 6 nitrogen and oxygen atoms in total. The summed E-state index contributed by atoms with van der Waals surface area (Å²) in [6, 6.07) is 11.8. The Hall–Kier alpha value is -3.26. The maximum absolute atomic E-state index is 13.7. The predicted molar refractivity (Wildman–Crippen MR) is 127 cm³/mol. The molecular formula is C26H24FN3O3S. The van der Waals surface area contributed by atoms with Crippen molar-refractivity contribution in [3.8, 4) is 16.2 Å². The number of thiazole rings is 1. The van der Waals surface area contributed by atoms with Gasteiger partial charge < -0.3 is 15.0 Å². The SMILES string of the molecule is Cc1nc(C(=O)N2[C@H](CNC(=O)c3cccc4c3CCO4)C[C@@H]3C[C@@H]32)c(-c2ccc(F)cc2)s1. The van der Waals surface area contributed by atoms with Crippen LogP contribution < -0.4 is 10.1 Å². The van der Waals surface area contributed by atoms with Gasteiger partial charge in [-0.1, -0.05) is 18.2 Å². The number of rotatable bonds is 5. The Morgan fingerprint density at radius 3 is 2.85 bits per heavy atom. The zero-order chi connectivity index (χ0) is 23.4. The van der Waals surface area contributed by atoms with Crippen LogP contribution in [-0.4, -0.2) is 46.9 Å². The summed E-state index contributed by atoms with van der Waals surface area (Å²) < 4.78 is 19.0. The minimum absolute atomic E-state index is 0.0729. The van der Waals surface area contributed by atoms with Crippen LogP contribution in [0.4, 0.5) is 4.39 Å². The van der Waals surface area contributed by atoms with Gasteiger partial charge in [0.15, 0.2) is 0 Å². The van der Waals surface area contributed by atoms with Crippen LogP contribution in [0.5, 0.6) is 5.75 Å². The lowest BCUT2D eigenvalue weighted by Crippen LogP contribution is -2.45. The van der Waals surface area contributed by atoms with Gasteiger partial charge in [-0.15, -0.1) is 11.3 Å². The molecule has 0 radical (unpaired) electrons. The highest BCUT2D eigenvalue weighted by Gasteiger charge is 2.54. The summed E-state index contributed by atoms with van der Waals surface area (Å²) in [6.45, 7) is 2.87. The molecule has 1 aromatic heterocycles. The van der Waals surface area contributed by atoms with Crippen molar-refractivity contribution in [2.75, 3.05) is 13.2 Å². The van der Waals surface area contributed by atoms with Crippen molar-refractivity contribution in [1.82, 2.24) is 15.2 Å². The van der Waals surface area contributed by atoms with Gasteiger partial charge in [-0.2, -0.15) is 0 Å². The summed E-state index contributed by atoms with van der Waals surface area (Å²) in [4.78, 5) is 33.9. The highest BCUT2D eigenvalue weighted by atomic mass is 32.1. The minimum Gasteiger partial charge on any atom is -0.493 e. The van der Waals surface area contributed by atoms with Crippen molar-refractivity contribution < 1.29 is 18.7 Å². The number of hydrogen-bond donors (Lipinski definition) is 1. The smallest absolute Gasteiger partial charge is 0.274 e. The molecule has 2 fully saturated rings. The van der Waals surface area contributed by atoms with Crippen molar-refractivity contribution in [3.05, 3.63) is 70.1 Å². The average molecular weight is 478 g/mol. The predicted octanol–water partition coefficient (Wildman–Crippen LogP) is 4.23. The number of aromatic nitrogens is 1. The normalized spacial score (nSPS) is 22.2. The standard InChI is InChI=1S/C26H24FN3O3S/c1-14-29-23(24(34-14)15-5-7-17(27)8-6-15)26(32)30-18(11-16-12-21(16)30)13-28-25(31)20-3-2-4-22-19(20)9-10-33-22/h2-8,16,18,21H,9-13H2,1H3,(H,28,31)/t16-,18+,21+/m1/s1. The maximum atomic E-state index is 13.7. The van der Waals surface area contributed by atoms with Gasteiger partial charge >= 0.3 is 0 Å². The Bertz CT molecular complexity index is 1290. The second-order valence-electron chi connectivity index (χ2n) is 9.17. The summed E-state index contributed by atoms with van der Waals surface area (Å²) in [5.74, 6) is 0.700. The van der Waals surface area contributed by atoms with Crippen LogP contribution in [-0.2, 0) is 6.42 Å². The molecule has 1 saturated heterocycles. The zero-order valence-electron chi connectivity index (χ0n) is 18.7. The van der Waals surface area contributed by atoms with Gasteiger partial charge in [-0.25, -0.2) is 9.37 Å². The van der Waals surface area contributed by atoms with E-state index in [9.17, 15) is 14.0 Å². The second-order valence-corrected chi connectivity index (χ2v) is 10.4. The first-order valence-corrected chi connectivity index (χ1v) is 12.4. The van der Waals surface area contributed by atoms with Crippen LogP contribution >= 0.6 is 11.3 Å². The summed E-state index contributed by atoms with van der Waals surface area (Å²) in [5.41, 5.74) is 2.79. The first kappa shape index (κ1) is 21.3. The quantitative estimate of drug-likeness (QED) is 0.597. The molecule has 1 saturated carbocycles. The van der Waals surface area contributed by atoms with E-state index in [0.717, 1.165) is 46.0 Å². The molecule has 2 amide bonds. The molecule has 1 N–H and O–H groups in total. The number of aryl methyl sites for hydroxylation is 1. The molecule has 34 heavy (non-hydrogen) atoms. The van der Waals surface area contributed by atoms with E-state index in [1.807, 2.05) is 30.0 Å². The molecule has 2 aromatic carbocycles. The van der Waals surface area contributed by atoms with Crippen LogP contribution in [0.25, 0.3) is 10.4 Å². The number of carbonyl (C=O) groups is 2. The summed E-state index contributed by atoms with van der Waals surface area (Å²) in [6.07, 6.45) is 2.60. The van der Waals surface area contributed by atoms with Crippen molar-refractivity contribution in [2.45, 2.75) is 38.3 Å². The molecule has 0 unspecified atom stereocenters. The van der Waals surface area contributed by atoms with Crippen molar-refractivity contribution >= 4 is 23.2 Å². The van der Waals surface area contributed by atoms with Crippen molar-refractivity contribution in [2.24, 2.45) is 5.92 Å². The fourth-order valence-electron chi connectivity index (χ4n) is 5.29. The number of nitrogens with zero attached hydrogens (tertiary/aromatic N) is 2. The Kier molecular flexibility index (Phi) is 5.13. The number of ether oxygens (including phenoxy) is 1. The number of fused-ring (bicyclic) bond motifs is 2. The lowest BCUT2D eigenvalue weighted by Gasteiger charge is -2.27. The molecule has 174 valence electrons. The Balaban J connectivity index is 1.21. The van der Waals surface area contributed by atoms with Gasteiger partial charge in [0.1, 0.15) is 17.3 Å². The lowest BCUT2D eigenvalue weighted by molar-refractivity contribution is 0.0684. The highest BCUT2D eigenvalue weighted by Crippen LogP contribution is 2.48. The van der Waals surface area contributed by atoms with Gasteiger partial charge in [0.25, 0.3) is 11.8 Å². The molecule has 0 spiro atoms. The third kappa shape index (κ3) is 3.66. The van der Waals surface area contributed by atoms with Gasteiger partial charge in [-0.3, -0.25) is 9.59 Å². The third-order valence-corrected chi connectivity index (χ3v) is 7.99. The number of nitrogens with one attached hydrogen (secondary N) is 1. The minimum atomic E-state index is -0.315. The Labute approximate surface area is 200 Å². The molecule has 3 aromatic rings. The van der Waals surface area contributed by atoms with Crippen LogP contribution in [0.15, 0.2) is 42.5 Å². The van der Waals surface area contributed by atoms with E-state index < -0.39 is 0 Å². The summed E-state index contributed by atoms with van der Waals surface area (Å²) in [7, 11) is 0.